The van der Waals surface area contributed by atoms with E-state index in [0.717, 1.165) is 24.1 Å². The van der Waals surface area contributed by atoms with Crippen LogP contribution in [0.15, 0.2) is 47.5 Å². The summed E-state index contributed by atoms with van der Waals surface area (Å²) in [5.74, 6) is -0.235. The Morgan fingerprint density at radius 2 is 2.04 bits per heavy atom. The molecule has 0 bridgehead atoms. The van der Waals surface area contributed by atoms with Crippen molar-refractivity contribution in [2.75, 3.05) is 0 Å². The quantitative estimate of drug-likeness (QED) is 0.779. The number of nitrogens with one attached hydrogen (secondary N) is 2. The fraction of sp³-hybridized carbons (Fsp3) is 0.368. The SMILES string of the molecule is Cc1cccnc1CC(C)NS(=O)(=O)c1cccc(C(=O)NC2CC2)c1. The van der Waals surface area contributed by atoms with Crippen molar-refractivity contribution in [1.29, 1.82) is 0 Å². The van der Waals surface area contributed by atoms with Crippen molar-refractivity contribution in [3.05, 3.63) is 59.4 Å². The number of pyridine rings is 1. The van der Waals surface area contributed by atoms with Crippen LogP contribution in [-0.4, -0.2) is 31.4 Å². The zero-order valence-corrected chi connectivity index (χ0v) is 15.7. The second-order valence-electron chi connectivity index (χ2n) is 6.77. The second-order valence-corrected chi connectivity index (χ2v) is 8.48. The number of carbonyl (C=O) groups is 1. The number of amides is 1. The number of aryl methyl sites for hydroxylation is 1. The third-order valence-corrected chi connectivity index (χ3v) is 5.88. The summed E-state index contributed by atoms with van der Waals surface area (Å²) in [5.41, 5.74) is 2.24. The third kappa shape index (κ3) is 4.68. The van der Waals surface area contributed by atoms with Crippen LogP contribution in [0.25, 0.3) is 0 Å². The first-order valence-corrected chi connectivity index (χ1v) is 10.2. The number of aromatic nitrogens is 1. The van der Waals surface area contributed by atoms with E-state index in [2.05, 4.69) is 15.0 Å². The van der Waals surface area contributed by atoms with Crippen LogP contribution in [-0.2, 0) is 16.4 Å². The van der Waals surface area contributed by atoms with Crippen LogP contribution in [0.1, 0.15) is 41.4 Å². The van der Waals surface area contributed by atoms with Gasteiger partial charge in [0.1, 0.15) is 0 Å². The summed E-state index contributed by atoms with van der Waals surface area (Å²) in [6.07, 6.45) is 4.16. The van der Waals surface area contributed by atoms with E-state index in [1.807, 2.05) is 19.1 Å². The Labute approximate surface area is 154 Å². The highest BCUT2D eigenvalue weighted by atomic mass is 32.2. The lowest BCUT2D eigenvalue weighted by Crippen LogP contribution is -2.34. The summed E-state index contributed by atoms with van der Waals surface area (Å²) in [4.78, 5) is 16.5. The Balaban J connectivity index is 1.71. The van der Waals surface area contributed by atoms with E-state index in [-0.39, 0.29) is 22.9 Å². The average molecular weight is 373 g/mol. The van der Waals surface area contributed by atoms with Gasteiger partial charge in [-0.05, 0) is 56.5 Å². The minimum Gasteiger partial charge on any atom is -0.349 e. The first kappa shape index (κ1) is 18.5. The molecule has 6 nitrogen and oxygen atoms in total. The molecule has 26 heavy (non-hydrogen) atoms. The van der Waals surface area contributed by atoms with Gasteiger partial charge in [-0.1, -0.05) is 12.1 Å². The molecule has 1 fully saturated rings. The normalized spacial score (nSPS) is 15.5. The van der Waals surface area contributed by atoms with Gasteiger partial charge in [-0.3, -0.25) is 9.78 Å². The van der Waals surface area contributed by atoms with Crippen molar-refractivity contribution >= 4 is 15.9 Å². The van der Waals surface area contributed by atoms with Crippen LogP contribution < -0.4 is 10.0 Å². The fourth-order valence-corrected chi connectivity index (χ4v) is 3.99. The Bertz CT molecular complexity index is 908. The molecular formula is C19H23N3O3S. The standard InChI is InChI=1S/C19H23N3O3S/c1-13-5-4-10-20-18(13)11-14(2)22-26(24,25)17-7-3-6-15(12-17)19(23)21-16-8-9-16/h3-7,10,12,14,16,22H,8-9,11H2,1-2H3,(H,21,23). The zero-order valence-electron chi connectivity index (χ0n) is 14.9. The van der Waals surface area contributed by atoms with Gasteiger partial charge in [-0.2, -0.15) is 0 Å². The Morgan fingerprint density at radius 3 is 2.73 bits per heavy atom. The summed E-state index contributed by atoms with van der Waals surface area (Å²) in [6, 6.07) is 9.83. The molecule has 0 aliphatic heterocycles. The highest BCUT2D eigenvalue weighted by molar-refractivity contribution is 7.89. The van der Waals surface area contributed by atoms with Crippen molar-refractivity contribution in [2.45, 2.75) is 50.1 Å². The molecule has 138 valence electrons. The number of hydrogen-bond acceptors (Lipinski definition) is 4. The van der Waals surface area contributed by atoms with Gasteiger partial charge >= 0.3 is 0 Å². The number of hydrogen-bond donors (Lipinski definition) is 2. The van der Waals surface area contributed by atoms with Gasteiger partial charge in [-0.25, -0.2) is 13.1 Å². The van der Waals surface area contributed by atoms with E-state index in [1.165, 1.54) is 12.1 Å². The Morgan fingerprint density at radius 1 is 1.27 bits per heavy atom. The molecule has 3 rings (SSSR count). The van der Waals surface area contributed by atoms with Gasteiger partial charge in [-0.15, -0.1) is 0 Å². The highest BCUT2D eigenvalue weighted by Gasteiger charge is 2.25. The molecule has 0 radical (unpaired) electrons. The molecule has 1 unspecified atom stereocenters. The maximum absolute atomic E-state index is 12.7. The van der Waals surface area contributed by atoms with Gasteiger partial charge in [0.25, 0.3) is 5.91 Å². The van der Waals surface area contributed by atoms with Crippen LogP contribution in [0.2, 0.25) is 0 Å². The van der Waals surface area contributed by atoms with E-state index < -0.39 is 10.0 Å². The van der Waals surface area contributed by atoms with Crippen molar-refractivity contribution in [3.8, 4) is 0 Å². The van der Waals surface area contributed by atoms with E-state index in [9.17, 15) is 13.2 Å². The monoisotopic (exact) mass is 373 g/mol. The minimum absolute atomic E-state index is 0.0885. The van der Waals surface area contributed by atoms with Crippen LogP contribution in [0.4, 0.5) is 0 Å². The van der Waals surface area contributed by atoms with Crippen molar-refractivity contribution in [3.63, 3.8) is 0 Å². The minimum atomic E-state index is -3.72. The number of sulfonamides is 1. The zero-order chi connectivity index (χ0) is 18.7. The van der Waals surface area contributed by atoms with E-state index in [1.54, 1.807) is 25.3 Å². The molecule has 0 saturated heterocycles. The first-order valence-electron chi connectivity index (χ1n) is 8.69. The number of benzene rings is 1. The summed E-state index contributed by atoms with van der Waals surface area (Å²) in [6.45, 7) is 3.75. The van der Waals surface area contributed by atoms with Gasteiger partial charge in [0.05, 0.1) is 4.90 Å². The van der Waals surface area contributed by atoms with E-state index in [0.29, 0.717) is 12.0 Å². The molecule has 1 amide bonds. The van der Waals surface area contributed by atoms with Gasteiger partial charge in [0, 0.05) is 36.0 Å². The van der Waals surface area contributed by atoms with E-state index >= 15 is 0 Å². The molecule has 1 aliphatic carbocycles. The molecule has 0 spiro atoms. The molecule has 2 N–H and O–H groups in total. The molecule has 1 heterocycles. The second kappa shape index (κ2) is 7.55. The molecule has 1 aromatic carbocycles. The number of rotatable bonds is 7. The molecule has 2 aromatic rings. The molecule has 1 saturated carbocycles. The van der Waals surface area contributed by atoms with Crippen LogP contribution >= 0.6 is 0 Å². The average Bonchev–Trinajstić information content (AvgIpc) is 3.40. The predicted molar refractivity (Wildman–Crippen MR) is 99.4 cm³/mol. The van der Waals surface area contributed by atoms with E-state index in [4.69, 9.17) is 0 Å². The van der Waals surface area contributed by atoms with Crippen LogP contribution in [0.5, 0.6) is 0 Å². The Kier molecular flexibility index (Phi) is 5.38. The van der Waals surface area contributed by atoms with Crippen molar-refractivity contribution < 1.29 is 13.2 Å². The first-order chi connectivity index (χ1) is 12.3. The van der Waals surface area contributed by atoms with Gasteiger partial charge in [0.15, 0.2) is 0 Å². The van der Waals surface area contributed by atoms with Gasteiger partial charge in [0.2, 0.25) is 10.0 Å². The molecule has 7 heteroatoms. The van der Waals surface area contributed by atoms with Gasteiger partial charge < -0.3 is 5.32 Å². The number of carbonyl (C=O) groups excluding carboxylic acids is 1. The molecular weight excluding hydrogens is 350 g/mol. The summed E-state index contributed by atoms with van der Waals surface area (Å²) < 4.78 is 28.0. The lowest BCUT2D eigenvalue weighted by molar-refractivity contribution is 0.0951. The molecule has 1 atom stereocenters. The van der Waals surface area contributed by atoms with Crippen molar-refractivity contribution in [2.24, 2.45) is 0 Å². The smallest absolute Gasteiger partial charge is 0.251 e. The number of nitrogens with zero attached hydrogens (tertiary/aromatic N) is 1. The Hall–Kier alpha value is -2.25. The van der Waals surface area contributed by atoms with Crippen LogP contribution in [0.3, 0.4) is 0 Å². The predicted octanol–water partition coefficient (Wildman–Crippen LogP) is 2.19. The summed E-state index contributed by atoms with van der Waals surface area (Å²) in [5, 5.41) is 2.87. The summed E-state index contributed by atoms with van der Waals surface area (Å²) in [7, 11) is -3.72. The fourth-order valence-electron chi connectivity index (χ4n) is 2.70. The summed E-state index contributed by atoms with van der Waals surface area (Å²) >= 11 is 0. The maximum atomic E-state index is 12.7. The van der Waals surface area contributed by atoms with Crippen molar-refractivity contribution in [1.82, 2.24) is 15.0 Å². The molecule has 1 aromatic heterocycles. The third-order valence-electron chi connectivity index (χ3n) is 4.29. The lowest BCUT2D eigenvalue weighted by Gasteiger charge is -2.15. The maximum Gasteiger partial charge on any atom is 0.251 e. The largest absolute Gasteiger partial charge is 0.349 e. The molecule has 1 aliphatic rings. The van der Waals surface area contributed by atoms with Crippen LogP contribution in [0, 0.1) is 6.92 Å². The highest BCUT2D eigenvalue weighted by Crippen LogP contribution is 2.20. The topological polar surface area (TPSA) is 88.2 Å². The lowest BCUT2D eigenvalue weighted by atomic mass is 10.1.